The quantitative estimate of drug-likeness (QED) is 0.354. The van der Waals surface area contributed by atoms with Gasteiger partial charge in [0.25, 0.3) is 0 Å². The Morgan fingerprint density at radius 3 is 2.92 bits per heavy atom. The minimum atomic E-state index is -0.529. The summed E-state index contributed by atoms with van der Waals surface area (Å²) in [6, 6.07) is 4.08. The van der Waals surface area contributed by atoms with Crippen LogP contribution in [0.25, 0.3) is 0 Å². The molecule has 1 aromatic carbocycles. The number of hydrogen-bond donors (Lipinski definition) is 2. The van der Waals surface area contributed by atoms with Gasteiger partial charge in [0.15, 0.2) is 5.69 Å². The lowest BCUT2D eigenvalue weighted by Crippen LogP contribution is -2.34. The van der Waals surface area contributed by atoms with Crippen molar-refractivity contribution < 1.29 is 14.2 Å². The second kappa shape index (κ2) is 8.50. The van der Waals surface area contributed by atoms with Gasteiger partial charge in [-0.2, -0.15) is 11.8 Å². The average molecular weight is 386 g/mol. The van der Waals surface area contributed by atoms with Gasteiger partial charge in [-0.1, -0.05) is 21.9 Å². The Hall–Kier alpha value is -1.84. The molecule has 1 aliphatic rings. The highest BCUT2D eigenvalue weighted by molar-refractivity contribution is 7.99. The number of oxime groups is 1. The molecule has 25 heavy (non-hydrogen) atoms. The Kier molecular flexibility index (Phi) is 6.11. The van der Waals surface area contributed by atoms with Gasteiger partial charge in [-0.25, -0.2) is 9.02 Å². The SMILES string of the molecule is O/N=C(/Nc1ccc(F)c(Cl)c1)c1nonc1CCN1CCSCC1. The van der Waals surface area contributed by atoms with Crippen LogP contribution in [0.1, 0.15) is 11.4 Å². The number of anilines is 1. The highest BCUT2D eigenvalue weighted by Gasteiger charge is 2.19. The van der Waals surface area contributed by atoms with E-state index in [0.717, 1.165) is 31.1 Å². The zero-order chi connectivity index (χ0) is 17.6. The summed E-state index contributed by atoms with van der Waals surface area (Å²) in [5, 5.41) is 23.1. The maximum Gasteiger partial charge on any atom is 0.201 e. The van der Waals surface area contributed by atoms with Gasteiger partial charge in [-0.15, -0.1) is 0 Å². The summed E-state index contributed by atoms with van der Waals surface area (Å²) in [4.78, 5) is 2.35. The molecule has 0 radical (unpaired) electrons. The van der Waals surface area contributed by atoms with Gasteiger partial charge in [0.1, 0.15) is 11.5 Å². The molecule has 0 atom stereocenters. The zero-order valence-electron chi connectivity index (χ0n) is 13.3. The molecule has 1 saturated heterocycles. The fourth-order valence-electron chi connectivity index (χ4n) is 2.48. The van der Waals surface area contributed by atoms with Gasteiger partial charge in [0.2, 0.25) is 5.84 Å². The van der Waals surface area contributed by atoms with E-state index in [1.54, 1.807) is 0 Å². The lowest BCUT2D eigenvalue weighted by molar-refractivity contribution is 0.289. The van der Waals surface area contributed by atoms with Crippen LogP contribution in [-0.2, 0) is 6.42 Å². The first-order chi connectivity index (χ1) is 12.2. The fraction of sp³-hybridized carbons (Fsp3) is 0.400. The molecule has 0 bridgehead atoms. The van der Waals surface area contributed by atoms with Crippen LogP contribution in [-0.4, -0.2) is 57.4 Å². The van der Waals surface area contributed by atoms with Crippen molar-refractivity contribution in [3.05, 3.63) is 40.4 Å². The molecule has 2 aromatic rings. The first-order valence-corrected chi connectivity index (χ1v) is 9.26. The van der Waals surface area contributed by atoms with Crippen molar-refractivity contribution in [1.29, 1.82) is 0 Å². The predicted octanol–water partition coefficient (Wildman–Crippen LogP) is 2.70. The molecule has 2 heterocycles. The van der Waals surface area contributed by atoms with Crippen molar-refractivity contribution in [2.75, 3.05) is 36.5 Å². The van der Waals surface area contributed by atoms with E-state index in [2.05, 4.69) is 25.7 Å². The van der Waals surface area contributed by atoms with Crippen molar-refractivity contribution in [2.45, 2.75) is 6.42 Å². The molecule has 0 unspecified atom stereocenters. The molecular weight excluding hydrogens is 369 g/mol. The third kappa shape index (κ3) is 4.62. The van der Waals surface area contributed by atoms with E-state index < -0.39 is 5.82 Å². The molecule has 2 N–H and O–H groups in total. The largest absolute Gasteiger partial charge is 0.409 e. The number of aromatic nitrogens is 2. The fourth-order valence-corrected chi connectivity index (χ4v) is 3.64. The monoisotopic (exact) mass is 385 g/mol. The summed E-state index contributed by atoms with van der Waals surface area (Å²) in [6.07, 6.45) is 0.619. The van der Waals surface area contributed by atoms with Crippen LogP contribution in [0.15, 0.2) is 28.0 Å². The lowest BCUT2D eigenvalue weighted by atomic mass is 10.2. The average Bonchev–Trinajstić information content (AvgIpc) is 3.10. The predicted molar refractivity (Wildman–Crippen MR) is 95.1 cm³/mol. The summed E-state index contributed by atoms with van der Waals surface area (Å²) < 4.78 is 18.1. The molecule has 10 heteroatoms. The van der Waals surface area contributed by atoms with Gasteiger partial charge in [0, 0.05) is 43.2 Å². The normalized spacial score (nSPS) is 16.2. The highest BCUT2D eigenvalue weighted by Crippen LogP contribution is 2.20. The third-order valence-corrected chi connectivity index (χ3v) is 5.06. The molecule has 3 rings (SSSR count). The molecule has 0 saturated carbocycles. The van der Waals surface area contributed by atoms with E-state index >= 15 is 0 Å². The molecule has 0 aliphatic carbocycles. The van der Waals surface area contributed by atoms with E-state index in [1.807, 2.05) is 11.8 Å². The molecule has 0 amide bonds. The van der Waals surface area contributed by atoms with E-state index in [4.69, 9.17) is 16.2 Å². The van der Waals surface area contributed by atoms with Gasteiger partial charge in [0.05, 0.1) is 5.02 Å². The molecule has 7 nitrogen and oxygen atoms in total. The summed E-state index contributed by atoms with van der Waals surface area (Å²) in [6.45, 7) is 2.90. The van der Waals surface area contributed by atoms with Gasteiger partial charge in [-0.05, 0) is 23.4 Å². The Morgan fingerprint density at radius 2 is 2.20 bits per heavy atom. The Morgan fingerprint density at radius 1 is 1.40 bits per heavy atom. The molecule has 1 aromatic heterocycles. The minimum absolute atomic E-state index is 0.0382. The summed E-state index contributed by atoms with van der Waals surface area (Å²) in [7, 11) is 0. The molecular formula is C15H17ClFN5O2S. The topological polar surface area (TPSA) is 86.8 Å². The van der Waals surface area contributed by atoms with Crippen LogP contribution in [0.2, 0.25) is 5.02 Å². The Labute approximate surface area is 153 Å². The number of nitrogens with one attached hydrogen (secondary N) is 1. The molecule has 1 aliphatic heterocycles. The molecule has 0 spiro atoms. The van der Waals surface area contributed by atoms with E-state index in [0.29, 0.717) is 23.5 Å². The van der Waals surface area contributed by atoms with E-state index in [9.17, 15) is 9.60 Å². The van der Waals surface area contributed by atoms with E-state index in [1.165, 1.54) is 18.2 Å². The van der Waals surface area contributed by atoms with E-state index in [-0.39, 0.29) is 10.9 Å². The van der Waals surface area contributed by atoms with Crippen molar-refractivity contribution in [3.63, 3.8) is 0 Å². The number of halogens is 2. The van der Waals surface area contributed by atoms with Crippen molar-refractivity contribution >= 4 is 34.9 Å². The lowest BCUT2D eigenvalue weighted by Gasteiger charge is -2.25. The minimum Gasteiger partial charge on any atom is -0.409 e. The maximum absolute atomic E-state index is 13.2. The van der Waals surface area contributed by atoms with Crippen LogP contribution in [0.3, 0.4) is 0 Å². The second-order valence-corrected chi connectivity index (χ2v) is 7.10. The van der Waals surface area contributed by atoms with Crippen LogP contribution in [0.5, 0.6) is 0 Å². The number of benzene rings is 1. The summed E-state index contributed by atoms with van der Waals surface area (Å²) in [5.41, 5.74) is 1.36. The second-order valence-electron chi connectivity index (χ2n) is 5.47. The summed E-state index contributed by atoms with van der Waals surface area (Å²) in [5.74, 6) is 1.78. The van der Waals surface area contributed by atoms with Crippen LogP contribution in [0, 0.1) is 5.82 Å². The van der Waals surface area contributed by atoms with Gasteiger partial charge in [-0.3, -0.25) is 0 Å². The van der Waals surface area contributed by atoms with Gasteiger partial charge < -0.3 is 15.4 Å². The van der Waals surface area contributed by atoms with Crippen molar-refractivity contribution in [3.8, 4) is 0 Å². The first-order valence-electron chi connectivity index (χ1n) is 7.73. The number of hydrogen-bond acceptors (Lipinski definition) is 7. The first kappa shape index (κ1) is 18.0. The third-order valence-electron chi connectivity index (χ3n) is 3.83. The maximum atomic E-state index is 13.2. The Bertz CT molecular complexity index is 751. The molecule has 1 fully saturated rings. The zero-order valence-corrected chi connectivity index (χ0v) is 14.9. The summed E-state index contributed by atoms with van der Waals surface area (Å²) >= 11 is 7.71. The number of rotatable bonds is 5. The Balaban J connectivity index is 1.69. The number of amidine groups is 1. The number of nitrogens with zero attached hydrogens (tertiary/aromatic N) is 4. The van der Waals surface area contributed by atoms with Crippen LogP contribution >= 0.6 is 23.4 Å². The highest BCUT2D eigenvalue weighted by atomic mass is 35.5. The van der Waals surface area contributed by atoms with Crippen LogP contribution < -0.4 is 5.32 Å². The van der Waals surface area contributed by atoms with Gasteiger partial charge >= 0.3 is 0 Å². The smallest absolute Gasteiger partial charge is 0.201 e. The molecule has 134 valence electrons. The standard InChI is InChI=1S/C15H17ClFN5O2S/c16-11-9-10(1-2-12(11)17)18-15(19-23)14-13(20-24-21-14)3-4-22-5-7-25-8-6-22/h1-2,9,23H,3-8H2,(H,18,19). The van der Waals surface area contributed by atoms with Crippen molar-refractivity contribution in [1.82, 2.24) is 15.2 Å². The van der Waals surface area contributed by atoms with Crippen molar-refractivity contribution in [2.24, 2.45) is 5.16 Å². The van der Waals surface area contributed by atoms with Crippen LogP contribution in [0.4, 0.5) is 10.1 Å². The number of thioether (sulfide) groups is 1.